The van der Waals surface area contributed by atoms with Gasteiger partial charge in [0.15, 0.2) is 5.13 Å². The molecule has 0 saturated heterocycles. The molecule has 0 aliphatic carbocycles. The molecule has 0 spiro atoms. The van der Waals surface area contributed by atoms with Crippen molar-refractivity contribution in [2.45, 2.75) is 0 Å². The SMILES string of the molecule is COC(=O)c1cnc(-n2ccc3ccccc32)s1. The van der Waals surface area contributed by atoms with Crippen LogP contribution < -0.4 is 0 Å². The van der Waals surface area contributed by atoms with E-state index in [4.69, 9.17) is 0 Å². The number of thiazole rings is 1. The van der Waals surface area contributed by atoms with Crippen molar-refractivity contribution in [1.82, 2.24) is 9.55 Å². The number of hydrogen-bond acceptors (Lipinski definition) is 4. The molecular formula is C13H10N2O2S. The van der Waals surface area contributed by atoms with Crippen molar-refractivity contribution in [2.75, 3.05) is 7.11 Å². The molecule has 0 amide bonds. The van der Waals surface area contributed by atoms with Crippen molar-refractivity contribution < 1.29 is 9.53 Å². The smallest absolute Gasteiger partial charge is 0.349 e. The minimum atomic E-state index is -0.352. The predicted molar refractivity (Wildman–Crippen MR) is 70.3 cm³/mol. The summed E-state index contributed by atoms with van der Waals surface area (Å²) in [5, 5.41) is 1.91. The zero-order chi connectivity index (χ0) is 12.5. The summed E-state index contributed by atoms with van der Waals surface area (Å²) in [4.78, 5) is 16.2. The van der Waals surface area contributed by atoms with E-state index >= 15 is 0 Å². The third-order valence-corrected chi connectivity index (χ3v) is 3.66. The Morgan fingerprint density at radius 1 is 1.33 bits per heavy atom. The van der Waals surface area contributed by atoms with Gasteiger partial charge in [-0.25, -0.2) is 9.78 Å². The van der Waals surface area contributed by atoms with Gasteiger partial charge in [-0.15, -0.1) is 0 Å². The number of carbonyl (C=O) groups excluding carboxylic acids is 1. The number of ether oxygens (including phenoxy) is 1. The summed E-state index contributed by atoms with van der Waals surface area (Å²) in [7, 11) is 1.37. The highest BCUT2D eigenvalue weighted by molar-refractivity contribution is 7.15. The predicted octanol–water partition coefficient (Wildman–Crippen LogP) is 2.87. The van der Waals surface area contributed by atoms with Crippen LogP contribution in [0.2, 0.25) is 0 Å². The van der Waals surface area contributed by atoms with E-state index in [1.807, 2.05) is 41.1 Å². The maximum atomic E-state index is 11.4. The van der Waals surface area contributed by atoms with E-state index < -0.39 is 0 Å². The standard InChI is InChI=1S/C13H10N2O2S/c1-17-12(16)11-8-14-13(18-11)15-7-6-9-4-2-3-5-10(9)15/h2-8H,1H3. The normalized spacial score (nSPS) is 10.7. The van der Waals surface area contributed by atoms with E-state index in [1.54, 1.807) is 6.20 Å². The molecule has 4 nitrogen and oxygen atoms in total. The lowest BCUT2D eigenvalue weighted by Gasteiger charge is -1.99. The molecule has 3 rings (SSSR count). The Balaban J connectivity index is 2.09. The second-order valence-electron chi connectivity index (χ2n) is 3.74. The van der Waals surface area contributed by atoms with E-state index in [-0.39, 0.29) is 5.97 Å². The van der Waals surface area contributed by atoms with Crippen molar-refractivity contribution in [3.05, 3.63) is 47.6 Å². The van der Waals surface area contributed by atoms with Crippen molar-refractivity contribution in [2.24, 2.45) is 0 Å². The lowest BCUT2D eigenvalue weighted by atomic mass is 10.2. The first-order chi connectivity index (χ1) is 8.79. The zero-order valence-electron chi connectivity index (χ0n) is 9.66. The topological polar surface area (TPSA) is 44.1 Å². The Hall–Kier alpha value is -2.14. The highest BCUT2D eigenvalue weighted by Crippen LogP contribution is 2.24. The van der Waals surface area contributed by atoms with Crippen LogP contribution in [-0.2, 0) is 4.74 Å². The van der Waals surface area contributed by atoms with Crippen LogP contribution in [0.4, 0.5) is 0 Å². The van der Waals surface area contributed by atoms with Crippen molar-refractivity contribution in [1.29, 1.82) is 0 Å². The van der Waals surface area contributed by atoms with E-state index in [9.17, 15) is 4.79 Å². The molecule has 0 N–H and O–H groups in total. The molecule has 0 fully saturated rings. The van der Waals surface area contributed by atoms with Crippen LogP contribution >= 0.6 is 11.3 Å². The third-order valence-electron chi connectivity index (χ3n) is 2.69. The second-order valence-corrected chi connectivity index (χ2v) is 4.75. The molecule has 2 aromatic heterocycles. The van der Waals surface area contributed by atoms with E-state index in [2.05, 4.69) is 9.72 Å². The summed E-state index contributed by atoms with van der Waals surface area (Å²) < 4.78 is 6.64. The molecule has 0 aliphatic rings. The van der Waals surface area contributed by atoms with Gasteiger partial charge in [-0.05, 0) is 12.1 Å². The average molecular weight is 258 g/mol. The number of carbonyl (C=O) groups is 1. The molecule has 0 bridgehead atoms. The summed E-state index contributed by atoms with van der Waals surface area (Å²) in [5.74, 6) is -0.352. The number of methoxy groups -OCH3 is 1. The third kappa shape index (κ3) is 1.69. The Morgan fingerprint density at radius 3 is 3.00 bits per heavy atom. The summed E-state index contributed by atoms with van der Waals surface area (Å²) >= 11 is 1.32. The maximum Gasteiger partial charge on any atom is 0.349 e. The van der Waals surface area contributed by atoms with Gasteiger partial charge in [-0.2, -0.15) is 0 Å². The van der Waals surface area contributed by atoms with E-state index in [0.717, 1.165) is 16.0 Å². The first-order valence-corrected chi connectivity index (χ1v) is 6.22. The monoisotopic (exact) mass is 258 g/mol. The molecule has 0 radical (unpaired) electrons. The minimum Gasteiger partial charge on any atom is -0.465 e. The van der Waals surface area contributed by atoms with Crippen LogP contribution in [-0.4, -0.2) is 22.6 Å². The Kier molecular flexibility index (Phi) is 2.60. The molecule has 0 saturated carbocycles. The fourth-order valence-electron chi connectivity index (χ4n) is 1.82. The fraction of sp³-hybridized carbons (Fsp3) is 0.0769. The van der Waals surface area contributed by atoms with Gasteiger partial charge in [0.25, 0.3) is 0 Å². The van der Waals surface area contributed by atoms with E-state index in [0.29, 0.717) is 4.88 Å². The molecule has 3 aromatic rings. The minimum absolute atomic E-state index is 0.352. The van der Waals surface area contributed by atoms with Crippen molar-refractivity contribution >= 4 is 28.2 Å². The molecule has 5 heteroatoms. The van der Waals surface area contributed by atoms with Crippen LogP contribution in [0, 0.1) is 0 Å². The fourth-order valence-corrected chi connectivity index (χ4v) is 2.65. The molecule has 1 aromatic carbocycles. The van der Waals surface area contributed by atoms with Gasteiger partial charge < -0.3 is 4.74 Å². The van der Waals surface area contributed by atoms with Crippen LogP contribution in [0.5, 0.6) is 0 Å². The van der Waals surface area contributed by atoms with Gasteiger partial charge in [0, 0.05) is 11.6 Å². The van der Waals surface area contributed by atoms with Gasteiger partial charge in [0.2, 0.25) is 0 Å². The van der Waals surface area contributed by atoms with Crippen LogP contribution in [0.15, 0.2) is 42.7 Å². The molecule has 0 unspecified atom stereocenters. The molecule has 2 heterocycles. The lowest BCUT2D eigenvalue weighted by Crippen LogP contribution is -1.96. The maximum absolute atomic E-state index is 11.4. The quantitative estimate of drug-likeness (QED) is 0.664. The Bertz CT molecular complexity index is 714. The number of fused-ring (bicyclic) bond motifs is 1. The second kappa shape index (κ2) is 4.27. The van der Waals surface area contributed by atoms with Gasteiger partial charge in [-0.3, -0.25) is 4.57 Å². The first-order valence-electron chi connectivity index (χ1n) is 5.40. The molecule has 18 heavy (non-hydrogen) atoms. The number of hydrogen-bond donors (Lipinski definition) is 0. The van der Waals surface area contributed by atoms with Crippen molar-refractivity contribution in [3.8, 4) is 5.13 Å². The lowest BCUT2D eigenvalue weighted by molar-refractivity contribution is 0.0606. The molecule has 0 atom stereocenters. The molecular weight excluding hydrogens is 248 g/mol. The highest BCUT2D eigenvalue weighted by Gasteiger charge is 2.12. The van der Waals surface area contributed by atoms with E-state index in [1.165, 1.54) is 18.4 Å². The number of nitrogens with zero attached hydrogens (tertiary/aromatic N) is 2. The number of esters is 1. The number of aromatic nitrogens is 2. The summed E-state index contributed by atoms with van der Waals surface area (Å²) in [6, 6.07) is 10.1. The summed E-state index contributed by atoms with van der Waals surface area (Å²) in [6.07, 6.45) is 3.49. The van der Waals surface area contributed by atoms with Gasteiger partial charge in [-0.1, -0.05) is 29.5 Å². The zero-order valence-corrected chi connectivity index (χ0v) is 10.5. The van der Waals surface area contributed by atoms with Crippen molar-refractivity contribution in [3.63, 3.8) is 0 Å². The number of benzene rings is 1. The summed E-state index contributed by atoms with van der Waals surface area (Å²) in [6.45, 7) is 0. The Labute approximate surface area is 107 Å². The number of para-hydroxylation sites is 1. The van der Waals surface area contributed by atoms with Crippen LogP contribution in [0.1, 0.15) is 9.67 Å². The highest BCUT2D eigenvalue weighted by atomic mass is 32.1. The number of rotatable bonds is 2. The summed E-state index contributed by atoms with van der Waals surface area (Å²) in [5.41, 5.74) is 1.07. The average Bonchev–Trinajstić information content (AvgIpc) is 3.03. The first kappa shape index (κ1) is 11.0. The Morgan fingerprint density at radius 2 is 2.17 bits per heavy atom. The largest absolute Gasteiger partial charge is 0.465 e. The van der Waals surface area contributed by atoms with Crippen LogP contribution in [0.25, 0.3) is 16.0 Å². The van der Waals surface area contributed by atoms with Gasteiger partial charge >= 0.3 is 5.97 Å². The molecule has 0 aliphatic heterocycles. The van der Waals surface area contributed by atoms with Gasteiger partial charge in [0.05, 0.1) is 18.8 Å². The van der Waals surface area contributed by atoms with Gasteiger partial charge in [0.1, 0.15) is 4.88 Å². The molecule has 90 valence electrons. The van der Waals surface area contributed by atoms with Crippen LogP contribution in [0.3, 0.4) is 0 Å².